The minimum Gasteiger partial charge on any atom is -0.380 e. The highest BCUT2D eigenvalue weighted by atomic mass is 16.5. The summed E-state index contributed by atoms with van der Waals surface area (Å²) in [7, 11) is 0. The number of hydrogen-bond donors (Lipinski definition) is 1. The van der Waals surface area contributed by atoms with E-state index in [1.807, 2.05) is 0 Å². The number of nitrogens with one attached hydrogen (secondary N) is 1. The molecule has 3 fully saturated rings. The molecule has 1 aliphatic heterocycles. The highest BCUT2D eigenvalue weighted by Gasteiger charge is 2.48. The molecule has 122 valence electrons. The van der Waals surface area contributed by atoms with Gasteiger partial charge in [-0.1, -0.05) is 39.0 Å². The largest absolute Gasteiger partial charge is 0.380 e. The van der Waals surface area contributed by atoms with Crippen molar-refractivity contribution in [1.82, 2.24) is 10.2 Å². The Morgan fingerprint density at radius 2 is 1.67 bits per heavy atom. The number of ether oxygens (including phenoxy) is 1. The summed E-state index contributed by atoms with van der Waals surface area (Å²) >= 11 is 0. The van der Waals surface area contributed by atoms with Crippen LogP contribution < -0.4 is 5.32 Å². The Balaban J connectivity index is 1.63. The number of rotatable bonds is 5. The van der Waals surface area contributed by atoms with E-state index >= 15 is 0 Å². The monoisotopic (exact) mass is 294 g/mol. The fraction of sp³-hybridized carbons (Fsp3) is 1.00. The second kappa shape index (κ2) is 6.97. The number of piperazine rings is 1. The molecule has 1 heterocycles. The summed E-state index contributed by atoms with van der Waals surface area (Å²) in [5.74, 6) is 0. The molecule has 2 saturated carbocycles. The Bertz CT molecular complexity index is 319. The molecule has 1 saturated heterocycles. The van der Waals surface area contributed by atoms with E-state index in [2.05, 4.69) is 17.1 Å². The van der Waals surface area contributed by atoms with Gasteiger partial charge in [0.15, 0.2) is 0 Å². The van der Waals surface area contributed by atoms with Gasteiger partial charge in [0.2, 0.25) is 0 Å². The maximum absolute atomic E-state index is 5.80. The van der Waals surface area contributed by atoms with Crippen molar-refractivity contribution in [3.05, 3.63) is 0 Å². The molecule has 0 aromatic carbocycles. The molecule has 3 nitrogen and oxygen atoms in total. The molecule has 0 aromatic rings. The van der Waals surface area contributed by atoms with Crippen molar-refractivity contribution in [3.8, 4) is 0 Å². The maximum Gasteiger partial charge on any atom is 0.0593 e. The van der Waals surface area contributed by atoms with Crippen molar-refractivity contribution in [1.29, 1.82) is 0 Å². The molecule has 3 aliphatic rings. The van der Waals surface area contributed by atoms with Gasteiger partial charge in [0.25, 0.3) is 0 Å². The molecule has 1 N–H and O–H groups in total. The van der Waals surface area contributed by atoms with Gasteiger partial charge in [-0.05, 0) is 32.1 Å². The van der Waals surface area contributed by atoms with Gasteiger partial charge in [0.05, 0.1) is 6.61 Å². The van der Waals surface area contributed by atoms with Gasteiger partial charge in [0, 0.05) is 37.3 Å². The van der Waals surface area contributed by atoms with E-state index in [1.165, 1.54) is 70.9 Å². The molecule has 0 unspecified atom stereocenters. The van der Waals surface area contributed by atoms with Gasteiger partial charge >= 0.3 is 0 Å². The fourth-order valence-electron chi connectivity index (χ4n) is 4.88. The predicted octanol–water partition coefficient (Wildman–Crippen LogP) is 3.33. The Labute approximate surface area is 130 Å². The van der Waals surface area contributed by atoms with Gasteiger partial charge in [-0.2, -0.15) is 0 Å². The van der Waals surface area contributed by atoms with Crippen molar-refractivity contribution < 1.29 is 4.74 Å². The third-order valence-corrected chi connectivity index (χ3v) is 6.16. The van der Waals surface area contributed by atoms with Gasteiger partial charge in [-0.3, -0.25) is 4.90 Å². The Morgan fingerprint density at radius 3 is 2.38 bits per heavy atom. The number of nitrogens with zero attached hydrogens (tertiary/aromatic N) is 1. The standard InChI is InChI=1S/C18H34N2O/c1-2-13-21-14-12-20-16-17(8-4-3-5-9-17)19-15-18(20)10-6-7-11-18/h19H,2-16H2,1H3. The van der Waals surface area contributed by atoms with Crippen molar-refractivity contribution in [2.75, 3.05) is 32.8 Å². The molecule has 0 radical (unpaired) electrons. The van der Waals surface area contributed by atoms with Crippen LogP contribution in [0.4, 0.5) is 0 Å². The van der Waals surface area contributed by atoms with Crippen LogP contribution in [0.5, 0.6) is 0 Å². The zero-order chi connectivity index (χ0) is 14.6. The fourth-order valence-corrected chi connectivity index (χ4v) is 4.88. The van der Waals surface area contributed by atoms with Gasteiger partial charge in [-0.15, -0.1) is 0 Å². The van der Waals surface area contributed by atoms with Crippen molar-refractivity contribution in [2.24, 2.45) is 0 Å². The van der Waals surface area contributed by atoms with E-state index < -0.39 is 0 Å². The summed E-state index contributed by atoms with van der Waals surface area (Å²) < 4.78 is 5.80. The van der Waals surface area contributed by atoms with Crippen LogP contribution in [0.3, 0.4) is 0 Å². The zero-order valence-electron chi connectivity index (χ0n) is 14.0. The van der Waals surface area contributed by atoms with E-state index in [4.69, 9.17) is 4.74 Å². The van der Waals surface area contributed by atoms with E-state index in [9.17, 15) is 0 Å². The molecule has 0 aromatic heterocycles. The topological polar surface area (TPSA) is 24.5 Å². The van der Waals surface area contributed by atoms with E-state index in [1.54, 1.807) is 0 Å². The maximum atomic E-state index is 5.80. The average Bonchev–Trinajstić information content (AvgIpc) is 2.98. The quantitative estimate of drug-likeness (QED) is 0.787. The van der Waals surface area contributed by atoms with Crippen LogP contribution >= 0.6 is 0 Å². The van der Waals surface area contributed by atoms with Crippen LogP contribution in [0.15, 0.2) is 0 Å². The first-order chi connectivity index (χ1) is 10.3. The normalized spacial score (nSPS) is 28.4. The summed E-state index contributed by atoms with van der Waals surface area (Å²) in [5.41, 5.74) is 0.884. The molecule has 3 rings (SSSR count). The van der Waals surface area contributed by atoms with Crippen molar-refractivity contribution >= 4 is 0 Å². The van der Waals surface area contributed by atoms with Crippen LogP contribution in [-0.2, 0) is 4.74 Å². The number of hydrogen-bond acceptors (Lipinski definition) is 3. The summed E-state index contributed by atoms with van der Waals surface area (Å²) in [6.45, 7) is 7.67. The second-order valence-corrected chi connectivity index (χ2v) is 7.66. The van der Waals surface area contributed by atoms with Gasteiger partial charge < -0.3 is 10.1 Å². The molecule has 2 aliphatic carbocycles. The molecule has 0 atom stereocenters. The van der Waals surface area contributed by atoms with Gasteiger partial charge in [-0.25, -0.2) is 0 Å². The first-order valence-corrected chi connectivity index (χ1v) is 9.37. The average molecular weight is 294 g/mol. The minimum absolute atomic E-state index is 0.427. The smallest absolute Gasteiger partial charge is 0.0593 e. The lowest BCUT2D eigenvalue weighted by Gasteiger charge is -2.55. The Kier molecular flexibility index (Phi) is 5.23. The molecule has 0 bridgehead atoms. The SMILES string of the molecule is CCCOCCN1CC2(CCCCC2)NCC12CCCC2. The third-order valence-electron chi connectivity index (χ3n) is 6.16. The van der Waals surface area contributed by atoms with Crippen LogP contribution in [0.25, 0.3) is 0 Å². The summed E-state index contributed by atoms with van der Waals surface area (Å²) in [5, 5.41) is 4.02. The second-order valence-electron chi connectivity index (χ2n) is 7.66. The van der Waals surface area contributed by atoms with Gasteiger partial charge in [0.1, 0.15) is 0 Å². The van der Waals surface area contributed by atoms with Crippen LogP contribution in [0.1, 0.15) is 71.1 Å². The first kappa shape index (κ1) is 15.8. The van der Waals surface area contributed by atoms with E-state index in [0.717, 1.165) is 26.2 Å². The molecular formula is C18H34N2O. The first-order valence-electron chi connectivity index (χ1n) is 9.37. The molecule has 3 heteroatoms. The molecular weight excluding hydrogens is 260 g/mol. The van der Waals surface area contributed by atoms with E-state index in [0.29, 0.717) is 11.1 Å². The third kappa shape index (κ3) is 3.46. The minimum atomic E-state index is 0.427. The molecule has 21 heavy (non-hydrogen) atoms. The lowest BCUT2D eigenvalue weighted by atomic mass is 9.76. The van der Waals surface area contributed by atoms with Crippen LogP contribution in [0, 0.1) is 0 Å². The molecule has 0 amide bonds. The Morgan fingerprint density at radius 1 is 0.952 bits per heavy atom. The predicted molar refractivity (Wildman–Crippen MR) is 87.7 cm³/mol. The summed E-state index contributed by atoms with van der Waals surface area (Å²) in [6.07, 6.45) is 13.8. The lowest BCUT2D eigenvalue weighted by Crippen LogP contribution is -2.70. The lowest BCUT2D eigenvalue weighted by molar-refractivity contribution is -0.0233. The van der Waals surface area contributed by atoms with Crippen LogP contribution in [0.2, 0.25) is 0 Å². The Hall–Kier alpha value is -0.120. The molecule has 2 spiro atoms. The highest BCUT2D eigenvalue weighted by Crippen LogP contribution is 2.41. The van der Waals surface area contributed by atoms with Crippen molar-refractivity contribution in [2.45, 2.75) is 82.2 Å². The zero-order valence-corrected chi connectivity index (χ0v) is 14.0. The van der Waals surface area contributed by atoms with E-state index in [-0.39, 0.29) is 0 Å². The highest BCUT2D eigenvalue weighted by molar-refractivity contribution is 5.07. The van der Waals surface area contributed by atoms with Crippen molar-refractivity contribution in [3.63, 3.8) is 0 Å². The summed E-state index contributed by atoms with van der Waals surface area (Å²) in [4.78, 5) is 2.83. The summed E-state index contributed by atoms with van der Waals surface area (Å²) in [6, 6.07) is 0. The van der Waals surface area contributed by atoms with Crippen LogP contribution in [-0.4, -0.2) is 48.8 Å².